The minimum atomic E-state index is -6.28. The largest absolute Gasteiger partial charge is 0.523 e. The topological polar surface area (TPSA) is 213 Å². The van der Waals surface area contributed by atoms with Gasteiger partial charge in [-0.2, -0.15) is 43.2 Å². The highest BCUT2D eigenvalue weighted by atomic mass is 32.2. The second-order valence-corrected chi connectivity index (χ2v) is 9.36. The summed E-state index contributed by atoms with van der Waals surface area (Å²) >= 11 is 0. The van der Waals surface area contributed by atoms with Crippen LogP contribution >= 0.6 is 0 Å². The molecule has 0 saturated heterocycles. The summed E-state index contributed by atoms with van der Waals surface area (Å²) in [5, 5.41) is 37.3. The lowest BCUT2D eigenvalue weighted by molar-refractivity contribution is -0.572. The molecule has 0 aromatic carbocycles. The third kappa shape index (κ3) is 8.93. The Balaban J connectivity index is 0. The van der Waals surface area contributed by atoms with Gasteiger partial charge in [-0.1, -0.05) is 0 Å². The lowest BCUT2D eigenvalue weighted by Crippen LogP contribution is -2.47. The molecule has 14 nitrogen and oxygen atoms in total. The van der Waals surface area contributed by atoms with Gasteiger partial charge in [0.15, 0.2) is 0 Å². The lowest BCUT2D eigenvalue weighted by atomic mass is 10.1. The monoisotopic (exact) mass is 534 g/mol. The minimum absolute atomic E-state index is 0.324. The van der Waals surface area contributed by atoms with E-state index in [0.717, 1.165) is 0 Å². The van der Waals surface area contributed by atoms with E-state index in [1.54, 1.807) is 0 Å². The summed E-state index contributed by atoms with van der Waals surface area (Å²) in [5.74, 6) is 0. The van der Waals surface area contributed by atoms with Crippen molar-refractivity contribution in [1.82, 2.24) is 0 Å². The Morgan fingerprint density at radius 1 is 0.719 bits per heavy atom. The Bertz CT molecular complexity index is 818. The fraction of sp³-hybridized carbons (Fsp3) is 1.00. The summed E-state index contributed by atoms with van der Waals surface area (Å²) in [4.78, 5) is 18.4. The molecule has 0 aliphatic heterocycles. The van der Waals surface area contributed by atoms with Gasteiger partial charge in [0, 0.05) is 23.7 Å². The van der Waals surface area contributed by atoms with Crippen molar-refractivity contribution in [1.29, 1.82) is 0 Å². The molecule has 0 heterocycles. The maximum absolute atomic E-state index is 12.0. The Labute approximate surface area is 175 Å². The molecule has 0 aliphatic carbocycles. The van der Waals surface area contributed by atoms with Gasteiger partial charge < -0.3 is 10.2 Å². The SMILES string of the molecule is CC(CO)(CO)[N+](=O)[O-].CC(COS(=O)(=O)C(F)(F)F)(COS(=O)(=O)C(F)(F)F)[N+](=O)[O-]. The van der Waals surface area contributed by atoms with Gasteiger partial charge in [0.25, 0.3) is 11.1 Å². The molecule has 2 N–H and O–H groups in total. The number of halogens is 6. The first kappa shape index (κ1) is 32.3. The zero-order valence-corrected chi connectivity index (χ0v) is 17.4. The maximum atomic E-state index is 12.0. The van der Waals surface area contributed by atoms with Crippen LogP contribution in [0.1, 0.15) is 13.8 Å². The standard InChI is InChI=1S/C6H7F6NO8S2.C4H9NO4/c1-4(13(14)15,2-20-22(16,17)5(7,8)9)3-21-23(18,19)6(10,11)12;1-4(2-6,3-7)5(8)9/h2-3H2,1H3;6-7H,2-3H2,1H3. The van der Waals surface area contributed by atoms with E-state index >= 15 is 0 Å². The molecule has 0 bridgehead atoms. The molecule has 0 aromatic rings. The van der Waals surface area contributed by atoms with Crippen molar-refractivity contribution in [3.8, 4) is 0 Å². The van der Waals surface area contributed by atoms with Gasteiger partial charge in [0.1, 0.15) is 26.4 Å². The van der Waals surface area contributed by atoms with Crippen LogP contribution in [0.25, 0.3) is 0 Å². The van der Waals surface area contributed by atoms with Crippen molar-refractivity contribution in [2.45, 2.75) is 35.9 Å². The van der Waals surface area contributed by atoms with E-state index in [2.05, 4.69) is 8.37 Å². The van der Waals surface area contributed by atoms with E-state index in [0.29, 0.717) is 6.92 Å². The molecule has 32 heavy (non-hydrogen) atoms. The van der Waals surface area contributed by atoms with Crippen molar-refractivity contribution < 1.29 is 71.6 Å². The zero-order valence-electron chi connectivity index (χ0n) is 15.8. The molecule has 192 valence electrons. The van der Waals surface area contributed by atoms with E-state index < -0.39 is 78.6 Å². The summed E-state index contributed by atoms with van der Waals surface area (Å²) in [7, 11) is -12.6. The molecule has 0 unspecified atom stereocenters. The van der Waals surface area contributed by atoms with Crippen molar-refractivity contribution in [3.05, 3.63) is 20.2 Å². The van der Waals surface area contributed by atoms with E-state index in [-0.39, 0.29) is 0 Å². The highest BCUT2D eigenvalue weighted by molar-refractivity contribution is 7.87. The number of aliphatic hydroxyl groups is 2. The number of nitrogens with zero attached hydrogens (tertiary/aromatic N) is 2. The first-order valence-electron chi connectivity index (χ1n) is 7.34. The molecule has 0 rings (SSSR count). The number of hydrogen-bond donors (Lipinski definition) is 2. The lowest BCUT2D eigenvalue weighted by Gasteiger charge is -2.20. The molecule has 0 fully saturated rings. The fourth-order valence-corrected chi connectivity index (χ4v) is 1.94. The van der Waals surface area contributed by atoms with Crippen LogP contribution in [-0.4, -0.2) is 85.4 Å². The number of alkyl halides is 6. The third-order valence-corrected chi connectivity index (χ3v) is 5.17. The van der Waals surface area contributed by atoms with Crippen LogP contribution in [0.15, 0.2) is 0 Å². The van der Waals surface area contributed by atoms with E-state index in [1.165, 1.54) is 6.92 Å². The van der Waals surface area contributed by atoms with E-state index in [9.17, 15) is 63.4 Å². The Morgan fingerprint density at radius 3 is 1.09 bits per heavy atom. The molecular formula is C10H16F6N2O12S2. The highest BCUT2D eigenvalue weighted by Gasteiger charge is 2.53. The molecule has 0 radical (unpaired) electrons. The van der Waals surface area contributed by atoms with E-state index in [1.807, 2.05) is 0 Å². The number of nitro groups is 2. The van der Waals surface area contributed by atoms with Crippen molar-refractivity contribution in [2.75, 3.05) is 26.4 Å². The smallest absolute Gasteiger partial charge is 0.389 e. The summed E-state index contributed by atoms with van der Waals surface area (Å²) in [6.45, 7) is -3.63. The van der Waals surface area contributed by atoms with Crippen molar-refractivity contribution in [2.24, 2.45) is 0 Å². The van der Waals surface area contributed by atoms with Gasteiger partial charge >= 0.3 is 31.3 Å². The molecule has 0 spiro atoms. The Kier molecular flexibility index (Phi) is 10.9. The number of aliphatic hydroxyl groups excluding tert-OH is 2. The summed E-state index contributed by atoms with van der Waals surface area (Å²) in [6.07, 6.45) is 0. The third-order valence-electron chi connectivity index (χ3n) is 3.18. The summed E-state index contributed by atoms with van der Waals surface area (Å²) < 4.78 is 121. The zero-order chi connectivity index (χ0) is 26.4. The van der Waals surface area contributed by atoms with Crippen LogP contribution in [-0.2, 0) is 28.6 Å². The second-order valence-electron chi connectivity index (χ2n) is 6.15. The van der Waals surface area contributed by atoms with Crippen molar-refractivity contribution >= 4 is 20.2 Å². The van der Waals surface area contributed by atoms with Crippen LogP contribution < -0.4 is 0 Å². The van der Waals surface area contributed by atoms with Gasteiger partial charge in [0.05, 0.1) is 0 Å². The molecule has 0 aliphatic rings. The van der Waals surface area contributed by atoms with Gasteiger partial charge in [-0.05, 0) is 0 Å². The quantitative estimate of drug-likeness (QED) is 0.122. The molecule has 0 aromatic heterocycles. The highest BCUT2D eigenvalue weighted by Crippen LogP contribution is 2.28. The maximum Gasteiger partial charge on any atom is 0.523 e. The predicted molar refractivity (Wildman–Crippen MR) is 86.8 cm³/mol. The average molecular weight is 534 g/mol. The van der Waals surface area contributed by atoms with Crippen molar-refractivity contribution in [3.63, 3.8) is 0 Å². The van der Waals surface area contributed by atoms with Crippen LogP contribution in [0.5, 0.6) is 0 Å². The average Bonchev–Trinajstić information content (AvgIpc) is 2.62. The summed E-state index contributed by atoms with van der Waals surface area (Å²) in [5.41, 5.74) is -16.5. The van der Waals surface area contributed by atoms with E-state index in [4.69, 9.17) is 10.2 Å². The molecular weight excluding hydrogens is 518 g/mol. The minimum Gasteiger partial charge on any atom is -0.389 e. The van der Waals surface area contributed by atoms with Gasteiger partial charge in [-0.15, -0.1) is 0 Å². The molecule has 0 saturated carbocycles. The number of rotatable bonds is 10. The normalized spacial score (nSPS) is 13.8. The fourth-order valence-electron chi connectivity index (χ4n) is 0.855. The van der Waals surface area contributed by atoms with Gasteiger partial charge in [-0.25, -0.2) is 0 Å². The van der Waals surface area contributed by atoms with Crippen LogP contribution in [0.4, 0.5) is 26.3 Å². The number of hydrogen-bond acceptors (Lipinski definition) is 12. The molecule has 0 atom stereocenters. The van der Waals surface area contributed by atoms with Crippen LogP contribution in [0.2, 0.25) is 0 Å². The second kappa shape index (κ2) is 10.8. The molecule has 22 heteroatoms. The first-order valence-corrected chi connectivity index (χ1v) is 10.2. The van der Waals surface area contributed by atoms with Crippen LogP contribution in [0.3, 0.4) is 0 Å². The molecule has 0 amide bonds. The van der Waals surface area contributed by atoms with Gasteiger partial charge in [-0.3, -0.25) is 28.6 Å². The Morgan fingerprint density at radius 2 is 0.969 bits per heavy atom. The summed E-state index contributed by atoms with van der Waals surface area (Å²) in [6, 6.07) is 0. The van der Waals surface area contributed by atoms with Gasteiger partial charge in [0.2, 0.25) is 0 Å². The van der Waals surface area contributed by atoms with Crippen LogP contribution in [0, 0.1) is 20.2 Å². The first-order chi connectivity index (χ1) is 13.9. The Hall–Kier alpha value is -1.88. The predicted octanol–water partition coefficient (Wildman–Crippen LogP) is -0.239.